The van der Waals surface area contributed by atoms with Gasteiger partial charge in [0.15, 0.2) is 0 Å². The predicted octanol–water partition coefficient (Wildman–Crippen LogP) is 4.26. The van der Waals surface area contributed by atoms with Crippen molar-refractivity contribution in [2.24, 2.45) is 5.92 Å². The molecule has 0 aromatic carbocycles. The van der Waals surface area contributed by atoms with E-state index < -0.39 is 0 Å². The van der Waals surface area contributed by atoms with Gasteiger partial charge in [-0.05, 0) is 45.4 Å². The van der Waals surface area contributed by atoms with Crippen LogP contribution in [-0.4, -0.2) is 17.6 Å². The van der Waals surface area contributed by atoms with Crippen molar-refractivity contribution >= 4 is 11.3 Å². The van der Waals surface area contributed by atoms with E-state index in [1.165, 1.54) is 23.4 Å². The van der Waals surface area contributed by atoms with Gasteiger partial charge in [-0.1, -0.05) is 20.8 Å². The number of aromatic nitrogens is 1. The fourth-order valence-corrected chi connectivity index (χ4v) is 3.66. The first-order chi connectivity index (χ1) is 9.98. The molecule has 0 amide bonds. The molecule has 1 heterocycles. The van der Waals surface area contributed by atoms with Crippen LogP contribution in [0, 0.1) is 5.92 Å². The number of thiazole rings is 1. The topological polar surface area (TPSA) is 34.1 Å². The molecule has 1 saturated carbocycles. The normalized spacial score (nSPS) is 18.2. The molecule has 1 aliphatic carbocycles. The third-order valence-electron chi connectivity index (χ3n) is 4.10. The molecule has 3 nitrogen and oxygen atoms in total. The highest BCUT2D eigenvalue weighted by atomic mass is 32.1. The van der Waals surface area contributed by atoms with Crippen LogP contribution >= 0.6 is 11.3 Å². The third kappa shape index (κ3) is 4.51. The summed E-state index contributed by atoms with van der Waals surface area (Å²) in [4.78, 5) is 6.37. The summed E-state index contributed by atoms with van der Waals surface area (Å²) in [5, 5.41) is 4.78. The smallest absolute Gasteiger partial charge is 0.125 e. The molecular formula is C17H30N2OS. The summed E-state index contributed by atoms with van der Waals surface area (Å²) in [5.74, 6) is 0.639. The van der Waals surface area contributed by atoms with E-state index in [-0.39, 0.29) is 5.60 Å². The van der Waals surface area contributed by atoms with Crippen LogP contribution in [0.25, 0.3) is 0 Å². The standard InChI is InChI=1S/C17H30N2OS/c1-6-17(5,20-7-2)16-19-14(10-12(3)4)15(21-16)11-18-13-8-9-13/h12-13,18H,6-11H2,1-5H3. The van der Waals surface area contributed by atoms with E-state index in [1.807, 2.05) is 11.3 Å². The molecule has 1 aliphatic rings. The van der Waals surface area contributed by atoms with Crippen molar-refractivity contribution in [1.82, 2.24) is 10.3 Å². The number of nitrogens with zero attached hydrogens (tertiary/aromatic N) is 1. The number of hydrogen-bond donors (Lipinski definition) is 1. The molecule has 1 fully saturated rings. The van der Waals surface area contributed by atoms with Gasteiger partial charge in [-0.15, -0.1) is 11.3 Å². The summed E-state index contributed by atoms with van der Waals surface area (Å²) in [6.45, 7) is 12.6. The van der Waals surface area contributed by atoms with Gasteiger partial charge in [0.1, 0.15) is 10.6 Å². The Balaban J connectivity index is 2.20. The minimum absolute atomic E-state index is 0.233. The lowest BCUT2D eigenvalue weighted by Crippen LogP contribution is -2.24. The maximum absolute atomic E-state index is 6.00. The Kier molecular flexibility index (Phi) is 5.81. The van der Waals surface area contributed by atoms with Crippen LogP contribution in [0.4, 0.5) is 0 Å². The van der Waals surface area contributed by atoms with Crippen molar-refractivity contribution in [2.75, 3.05) is 6.61 Å². The van der Waals surface area contributed by atoms with E-state index in [1.54, 1.807) is 0 Å². The average Bonchev–Trinajstić information content (AvgIpc) is 3.17. The Morgan fingerprint density at radius 2 is 2.10 bits per heavy atom. The van der Waals surface area contributed by atoms with Gasteiger partial charge < -0.3 is 10.1 Å². The zero-order valence-electron chi connectivity index (χ0n) is 14.2. The van der Waals surface area contributed by atoms with E-state index in [0.717, 1.165) is 37.0 Å². The fraction of sp³-hybridized carbons (Fsp3) is 0.824. The zero-order valence-corrected chi connectivity index (χ0v) is 15.0. The Morgan fingerprint density at radius 1 is 1.38 bits per heavy atom. The van der Waals surface area contributed by atoms with E-state index in [2.05, 4.69) is 39.9 Å². The minimum Gasteiger partial charge on any atom is -0.368 e. The first-order valence-electron chi connectivity index (χ1n) is 8.34. The molecule has 120 valence electrons. The Hall–Kier alpha value is -0.450. The summed E-state index contributed by atoms with van der Waals surface area (Å²) in [6.07, 6.45) is 4.68. The molecule has 0 radical (unpaired) electrons. The van der Waals surface area contributed by atoms with E-state index in [4.69, 9.17) is 9.72 Å². The van der Waals surface area contributed by atoms with Gasteiger partial charge in [0.25, 0.3) is 0 Å². The molecule has 0 saturated heterocycles. The Bertz CT molecular complexity index is 454. The van der Waals surface area contributed by atoms with Gasteiger partial charge in [-0.25, -0.2) is 4.98 Å². The first-order valence-corrected chi connectivity index (χ1v) is 9.16. The highest BCUT2D eigenvalue weighted by molar-refractivity contribution is 7.11. The molecule has 21 heavy (non-hydrogen) atoms. The summed E-state index contributed by atoms with van der Waals surface area (Å²) in [5.41, 5.74) is 1.04. The van der Waals surface area contributed by atoms with Crippen molar-refractivity contribution in [3.63, 3.8) is 0 Å². The molecule has 1 aromatic rings. The quantitative estimate of drug-likeness (QED) is 0.740. The average molecular weight is 311 g/mol. The largest absolute Gasteiger partial charge is 0.368 e. The van der Waals surface area contributed by atoms with E-state index in [0.29, 0.717) is 5.92 Å². The predicted molar refractivity (Wildman–Crippen MR) is 89.8 cm³/mol. The van der Waals surface area contributed by atoms with Crippen molar-refractivity contribution in [3.8, 4) is 0 Å². The molecular weight excluding hydrogens is 280 g/mol. The van der Waals surface area contributed by atoms with Crippen LogP contribution in [0.1, 0.15) is 69.5 Å². The third-order valence-corrected chi connectivity index (χ3v) is 5.44. The van der Waals surface area contributed by atoms with Crippen molar-refractivity contribution < 1.29 is 4.74 Å². The van der Waals surface area contributed by atoms with Crippen LogP contribution in [0.15, 0.2) is 0 Å². The van der Waals surface area contributed by atoms with Gasteiger partial charge in [-0.3, -0.25) is 0 Å². The maximum Gasteiger partial charge on any atom is 0.125 e. The van der Waals surface area contributed by atoms with Crippen LogP contribution in [0.3, 0.4) is 0 Å². The lowest BCUT2D eigenvalue weighted by molar-refractivity contribution is -0.0325. The maximum atomic E-state index is 6.00. The van der Waals surface area contributed by atoms with Crippen molar-refractivity contribution in [3.05, 3.63) is 15.6 Å². The molecule has 0 aliphatic heterocycles. The van der Waals surface area contributed by atoms with Crippen LogP contribution in [0.2, 0.25) is 0 Å². The highest BCUT2D eigenvalue weighted by Gasteiger charge is 2.30. The van der Waals surface area contributed by atoms with E-state index >= 15 is 0 Å². The molecule has 1 aromatic heterocycles. The van der Waals surface area contributed by atoms with E-state index in [9.17, 15) is 0 Å². The monoisotopic (exact) mass is 310 g/mol. The number of ether oxygens (including phenoxy) is 1. The second-order valence-corrected chi connectivity index (χ2v) is 7.74. The molecule has 2 rings (SSSR count). The number of hydrogen-bond acceptors (Lipinski definition) is 4. The number of rotatable bonds is 9. The first kappa shape index (κ1) is 16.9. The molecule has 0 spiro atoms. The Morgan fingerprint density at radius 3 is 2.62 bits per heavy atom. The van der Waals surface area contributed by atoms with Gasteiger partial charge in [0.2, 0.25) is 0 Å². The van der Waals surface area contributed by atoms with Crippen LogP contribution in [-0.2, 0) is 23.3 Å². The van der Waals surface area contributed by atoms with Crippen molar-refractivity contribution in [1.29, 1.82) is 0 Å². The lowest BCUT2D eigenvalue weighted by Gasteiger charge is -2.25. The summed E-state index contributed by atoms with van der Waals surface area (Å²) < 4.78 is 6.00. The summed E-state index contributed by atoms with van der Waals surface area (Å²) in [7, 11) is 0. The molecule has 1 atom stereocenters. The molecule has 4 heteroatoms. The van der Waals surface area contributed by atoms with Gasteiger partial charge in [-0.2, -0.15) is 0 Å². The van der Waals surface area contributed by atoms with Gasteiger partial charge in [0.05, 0.1) is 5.69 Å². The second-order valence-electron chi connectivity index (χ2n) is 6.66. The van der Waals surface area contributed by atoms with Gasteiger partial charge >= 0.3 is 0 Å². The molecule has 1 unspecified atom stereocenters. The lowest BCUT2D eigenvalue weighted by atomic mass is 10.0. The van der Waals surface area contributed by atoms with Crippen LogP contribution in [0.5, 0.6) is 0 Å². The highest BCUT2D eigenvalue weighted by Crippen LogP contribution is 2.35. The summed E-state index contributed by atoms with van der Waals surface area (Å²) >= 11 is 1.84. The Labute approximate surface area is 133 Å². The summed E-state index contributed by atoms with van der Waals surface area (Å²) in [6, 6.07) is 0.743. The number of nitrogens with one attached hydrogen (secondary N) is 1. The fourth-order valence-electron chi connectivity index (χ4n) is 2.45. The molecule has 0 bridgehead atoms. The second kappa shape index (κ2) is 7.21. The van der Waals surface area contributed by atoms with Crippen LogP contribution < -0.4 is 5.32 Å². The SMILES string of the molecule is CCOC(C)(CC)c1nc(CC(C)C)c(CNC2CC2)s1. The van der Waals surface area contributed by atoms with Gasteiger partial charge in [0, 0.05) is 24.1 Å². The zero-order chi connectivity index (χ0) is 15.5. The van der Waals surface area contributed by atoms with Crippen molar-refractivity contribution in [2.45, 2.75) is 78.5 Å². The minimum atomic E-state index is -0.233. The molecule has 1 N–H and O–H groups in total.